The molecule has 0 aromatic carbocycles. The van der Waals surface area contributed by atoms with Crippen molar-refractivity contribution in [3.8, 4) is 5.88 Å². The van der Waals surface area contributed by atoms with E-state index in [9.17, 15) is 9.90 Å². The van der Waals surface area contributed by atoms with Gasteiger partial charge >= 0.3 is 5.97 Å². The van der Waals surface area contributed by atoms with Crippen LogP contribution in [0, 0.1) is 0 Å². The molecule has 0 saturated carbocycles. The van der Waals surface area contributed by atoms with Crippen molar-refractivity contribution in [1.29, 1.82) is 0 Å². The maximum absolute atomic E-state index is 11.7. The second-order valence-electron chi connectivity index (χ2n) is 4.63. The van der Waals surface area contributed by atoms with E-state index < -0.39 is 12.0 Å². The summed E-state index contributed by atoms with van der Waals surface area (Å²) in [6.45, 7) is 3.00. The van der Waals surface area contributed by atoms with Crippen molar-refractivity contribution in [3.63, 3.8) is 0 Å². The van der Waals surface area contributed by atoms with E-state index >= 15 is 0 Å². The van der Waals surface area contributed by atoms with Gasteiger partial charge in [0.15, 0.2) is 6.04 Å². The number of nitrogens with zero attached hydrogens (tertiary/aromatic N) is 3. The molecule has 1 N–H and O–H groups in total. The number of hydrogen-bond donors (Lipinski definition) is 1. The average molecular weight is 305 g/mol. The topological polar surface area (TPSA) is 75.5 Å². The van der Waals surface area contributed by atoms with Crippen LogP contribution < -0.4 is 9.64 Å². The standard InChI is InChI=1S/C14H15N3O3S/c1-2-20-12-7-11(15-8-16-12)17-5-3-10-9(4-6-21-10)13(17)14(18)19/h4,6-8,13H,2-3,5H2,1H3,(H,18,19). The summed E-state index contributed by atoms with van der Waals surface area (Å²) in [6.07, 6.45) is 2.23. The third-order valence-electron chi connectivity index (χ3n) is 3.41. The lowest BCUT2D eigenvalue weighted by Crippen LogP contribution is -2.39. The van der Waals surface area contributed by atoms with Crippen molar-refractivity contribution in [1.82, 2.24) is 9.97 Å². The third kappa shape index (κ3) is 2.56. The van der Waals surface area contributed by atoms with Crippen LogP contribution in [-0.4, -0.2) is 34.2 Å². The molecule has 6 nitrogen and oxygen atoms in total. The van der Waals surface area contributed by atoms with E-state index in [1.807, 2.05) is 18.4 Å². The van der Waals surface area contributed by atoms with Crippen LogP contribution in [-0.2, 0) is 11.2 Å². The molecule has 1 aliphatic heterocycles. The lowest BCUT2D eigenvalue weighted by atomic mass is 10.00. The van der Waals surface area contributed by atoms with Gasteiger partial charge in [0.2, 0.25) is 5.88 Å². The van der Waals surface area contributed by atoms with Crippen LogP contribution in [0.3, 0.4) is 0 Å². The fourth-order valence-electron chi connectivity index (χ4n) is 2.54. The molecule has 0 bridgehead atoms. The molecular formula is C14H15N3O3S. The quantitative estimate of drug-likeness (QED) is 0.932. The summed E-state index contributed by atoms with van der Waals surface area (Å²) in [4.78, 5) is 22.9. The second-order valence-corrected chi connectivity index (χ2v) is 5.63. The number of anilines is 1. The fourth-order valence-corrected chi connectivity index (χ4v) is 3.45. The van der Waals surface area contributed by atoms with E-state index in [-0.39, 0.29) is 0 Å². The predicted octanol–water partition coefficient (Wildman–Crippen LogP) is 2.13. The third-order valence-corrected chi connectivity index (χ3v) is 4.41. The zero-order chi connectivity index (χ0) is 14.8. The van der Waals surface area contributed by atoms with Crippen molar-refractivity contribution in [3.05, 3.63) is 34.3 Å². The summed E-state index contributed by atoms with van der Waals surface area (Å²) in [6, 6.07) is 2.87. The molecule has 2 aromatic heterocycles. The van der Waals surface area contributed by atoms with Gasteiger partial charge in [-0.3, -0.25) is 0 Å². The Bertz CT molecular complexity index is 658. The van der Waals surface area contributed by atoms with Gasteiger partial charge in [0.25, 0.3) is 0 Å². The van der Waals surface area contributed by atoms with Gasteiger partial charge in [-0.15, -0.1) is 11.3 Å². The molecule has 0 amide bonds. The smallest absolute Gasteiger partial charge is 0.331 e. The first-order valence-electron chi connectivity index (χ1n) is 6.71. The first kappa shape index (κ1) is 13.8. The van der Waals surface area contributed by atoms with Crippen LogP contribution in [0.15, 0.2) is 23.8 Å². The summed E-state index contributed by atoms with van der Waals surface area (Å²) in [7, 11) is 0. The number of carbonyl (C=O) groups is 1. The van der Waals surface area contributed by atoms with Gasteiger partial charge in [0, 0.05) is 17.5 Å². The predicted molar refractivity (Wildman–Crippen MR) is 78.9 cm³/mol. The summed E-state index contributed by atoms with van der Waals surface area (Å²) < 4.78 is 5.36. The molecule has 1 atom stereocenters. The Kier molecular flexibility index (Phi) is 3.74. The van der Waals surface area contributed by atoms with E-state index in [4.69, 9.17) is 4.74 Å². The van der Waals surface area contributed by atoms with Crippen molar-refractivity contribution in [2.24, 2.45) is 0 Å². The highest BCUT2D eigenvalue weighted by atomic mass is 32.1. The second kappa shape index (κ2) is 5.69. The van der Waals surface area contributed by atoms with Crippen molar-refractivity contribution in [2.45, 2.75) is 19.4 Å². The number of carboxylic acids is 1. The van der Waals surface area contributed by atoms with Crippen LogP contribution in [0.4, 0.5) is 5.82 Å². The monoisotopic (exact) mass is 305 g/mol. The molecular weight excluding hydrogens is 290 g/mol. The first-order chi connectivity index (χ1) is 10.2. The number of fused-ring (bicyclic) bond motifs is 1. The van der Waals surface area contributed by atoms with E-state index in [2.05, 4.69) is 9.97 Å². The highest BCUT2D eigenvalue weighted by Gasteiger charge is 2.34. The molecule has 3 heterocycles. The van der Waals surface area contributed by atoms with Gasteiger partial charge in [-0.2, -0.15) is 0 Å². The molecule has 3 rings (SSSR count). The molecule has 1 aliphatic rings. The minimum Gasteiger partial charge on any atom is -0.479 e. The Morgan fingerprint density at radius 2 is 2.43 bits per heavy atom. The molecule has 110 valence electrons. The summed E-state index contributed by atoms with van der Waals surface area (Å²) in [5.41, 5.74) is 0.857. The average Bonchev–Trinajstić information content (AvgIpc) is 2.95. The molecule has 0 fully saturated rings. The Labute approximate surface area is 126 Å². The number of hydrogen-bond acceptors (Lipinski definition) is 6. The highest BCUT2D eigenvalue weighted by Crippen LogP contribution is 2.36. The van der Waals surface area contributed by atoms with Crippen molar-refractivity contribution < 1.29 is 14.6 Å². The number of thiophene rings is 1. The van der Waals surface area contributed by atoms with Crippen LogP contribution in [0.2, 0.25) is 0 Å². The van der Waals surface area contributed by atoms with E-state index in [1.165, 1.54) is 6.33 Å². The number of aliphatic carboxylic acids is 1. The van der Waals surface area contributed by atoms with E-state index in [1.54, 1.807) is 22.3 Å². The Morgan fingerprint density at radius 1 is 1.57 bits per heavy atom. The lowest BCUT2D eigenvalue weighted by Gasteiger charge is -2.34. The molecule has 0 radical (unpaired) electrons. The van der Waals surface area contributed by atoms with Crippen LogP contribution in [0.25, 0.3) is 0 Å². The van der Waals surface area contributed by atoms with Gasteiger partial charge in [0.05, 0.1) is 6.61 Å². The fraction of sp³-hybridized carbons (Fsp3) is 0.357. The molecule has 21 heavy (non-hydrogen) atoms. The normalized spacial score (nSPS) is 17.4. The van der Waals surface area contributed by atoms with Crippen LogP contribution >= 0.6 is 11.3 Å². The molecule has 7 heteroatoms. The molecule has 2 aromatic rings. The minimum atomic E-state index is -0.870. The Balaban J connectivity index is 1.98. The molecule has 0 saturated heterocycles. The summed E-state index contributed by atoms with van der Waals surface area (Å²) >= 11 is 1.61. The largest absolute Gasteiger partial charge is 0.479 e. The van der Waals surface area contributed by atoms with Gasteiger partial charge in [0.1, 0.15) is 12.1 Å². The summed E-state index contributed by atoms with van der Waals surface area (Å²) in [5, 5.41) is 11.5. The van der Waals surface area contributed by atoms with Gasteiger partial charge in [-0.1, -0.05) is 0 Å². The highest BCUT2D eigenvalue weighted by molar-refractivity contribution is 7.10. The van der Waals surface area contributed by atoms with E-state index in [0.29, 0.717) is 24.8 Å². The van der Waals surface area contributed by atoms with Crippen LogP contribution in [0.5, 0.6) is 5.88 Å². The molecule has 1 unspecified atom stereocenters. The summed E-state index contributed by atoms with van der Waals surface area (Å²) in [5.74, 6) is 0.173. The SMILES string of the molecule is CCOc1cc(N2CCc3sccc3C2C(=O)O)ncn1. The zero-order valence-corrected chi connectivity index (χ0v) is 12.3. The van der Waals surface area contributed by atoms with E-state index in [0.717, 1.165) is 16.9 Å². The van der Waals surface area contributed by atoms with Gasteiger partial charge in [-0.25, -0.2) is 14.8 Å². The minimum absolute atomic E-state index is 0.461. The van der Waals surface area contributed by atoms with Gasteiger partial charge < -0.3 is 14.7 Å². The van der Waals surface area contributed by atoms with Crippen LogP contribution in [0.1, 0.15) is 23.4 Å². The Morgan fingerprint density at radius 3 is 3.19 bits per heavy atom. The number of carboxylic acid groups (broad SMARTS) is 1. The van der Waals surface area contributed by atoms with Crippen molar-refractivity contribution in [2.75, 3.05) is 18.1 Å². The first-order valence-corrected chi connectivity index (χ1v) is 7.59. The van der Waals surface area contributed by atoms with Gasteiger partial charge in [-0.05, 0) is 30.4 Å². The molecule has 0 spiro atoms. The lowest BCUT2D eigenvalue weighted by molar-refractivity contribution is -0.138. The maximum Gasteiger partial charge on any atom is 0.331 e. The number of rotatable bonds is 4. The number of ether oxygens (including phenoxy) is 1. The zero-order valence-electron chi connectivity index (χ0n) is 11.5. The number of aromatic nitrogens is 2. The Hall–Kier alpha value is -2.15. The molecule has 0 aliphatic carbocycles. The van der Waals surface area contributed by atoms with Crippen molar-refractivity contribution >= 4 is 23.1 Å². The maximum atomic E-state index is 11.7.